The molecule has 1 saturated heterocycles. The van der Waals surface area contributed by atoms with Crippen LogP contribution in [0.3, 0.4) is 0 Å². The van der Waals surface area contributed by atoms with Crippen molar-refractivity contribution in [1.82, 2.24) is 14.7 Å². The Hall–Kier alpha value is -1.99. The van der Waals surface area contributed by atoms with Crippen molar-refractivity contribution in [2.75, 3.05) is 18.0 Å². The molecular weight excluding hydrogens is 557 g/mol. The Bertz CT molecular complexity index is 1380. The average molecular weight is 587 g/mol. The molecule has 198 valence electrons. The average Bonchev–Trinajstić information content (AvgIpc) is 3.19. The summed E-state index contributed by atoms with van der Waals surface area (Å²) in [6.45, 7) is 7.47. The fourth-order valence-corrected chi connectivity index (χ4v) is 7.52. The van der Waals surface area contributed by atoms with Gasteiger partial charge in [0.2, 0.25) is 0 Å². The molecule has 3 aromatic rings. The van der Waals surface area contributed by atoms with Crippen LogP contribution < -0.4 is 9.62 Å². The molecule has 10 heteroatoms. The minimum absolute atomic E-state index is 0.0173. The van der Waals surface area contributed by atoms with Crippen molar-refractivity contribution < 1.29 is 4.55 Å². The lowest BCUT2D eigenvalue weighted by molar-refractivity contribution is 0.176. The first-order chi connectivity index (χ1) is 18.1. The molecule has 6 nitrogen and oxygen atoms in total. The molecule has 2 aliphatic rings. The summed E-state index contributed by atoms with van der Waals surface area (Å²) in [5, 5.41) is 11.4. The number of nitriles is 1. The SMILES string of the molecule is CC(C)(C)[S@@+]([O-])N[C@@H]1c2ccccc2CC12CCN(c1ncc(Sc3cccc(Cl)c3Cl)nc1C#N)CC2. The number of halogens is 2. The maximum atomic E-state index is 13.1. The summed E-state index contributed by atoms with van der Waals surface area (Å²) in [4.78, 5) is 12.1. The molecule has 1 aliphatic carbocycles. The monoisotopic (exact) mass is 585 g/mol. The lowest BCUT2D eigenvalue weighted by atomic mass is 9.73. The number of nitrogens with zero attached hydrogens (tertiary/aromatic N) is 4. The predicted octanol–water partition coefficient (Wildman–Crippen LogP) is 6.74. The van der Waals surface area contributed by atoms with Gasteiger partial charge in [0.05, 0.1) is 22.3 Å². The van der Waals surface area contributed by atoms with Gasteiger partial charge in [-0.1, -0.05) is 65.3 Å². The normalized spacial score (nSPS) is 19.3. The zero-order valence-corrected chi connectivity index (χ0v) is 24.6. The third-order valence-corrected chi connectivity index (χ3v) is 10.8. The smallest absolute Gasteiger partial charge is 0.184 e. The fourth-order valence-electron chi connectivity index (χ4n) is 5.29. The Morgan fingerprint density at radius 3 is 2.61 bits per heavy atom. The van der Waals surface area contributed by atoms with E-state index in [0.29, 0.717) is 26.6 Å². The van der Waals surface area contributed by atoms with Crippen molar-refractivity contribution >= 4 is 52.1 Å². The van der Waals surface area contributed by atoms with Gasteiger partial charge in [-0.3, -0.25) is 0 Å². The number of anilines is 1. The van der Waals surface area contributed by atoms with Crippen LogP contribution in [0.2, 0.25) is 10.0 Å². The highest BCUT2D eigenvalue weighted by Gasteiger charge is 2.50. The van der Waals surface area contributed by atoms with Gasteiger partial charge in [0.25, 0.3) is 0 Å². The first-order valence-corrected chi connectivity index (χ1v) is 15.2. The standard InChI is InChI=1S/C28H29Cl2N5OS2/c1-27(2,3)38(36)34-25-19-8-5-4-7-18(19)15-28(25)11-13-35(14-12-28)26-21(16-31)33-23(17-32-26)37-22-10-6-9-20(29)24(22)30/h4-10,17,25,34H,11-15H2,1-3H3/t25-,38-/m1/s1. The van der Waals surface area contributed by atoms with Gasteiger partial charge in [-0.15, -0.1) is 4.72 Å². The van der Waals surface area contributed by atoms with Crippen LogP contribution in [-0.2, 0) is 17.8 Å². The predicted molar refractivity (Wildman–Crippen MR) is 155 cm³/mol. The summed E-state index contributed by atoms with van der Waals surface area (Å²) in [6.07, 6.45) is 4.41. The zero-order chi connectivity index (χ0) is 27.1. The second-order valence-electron chi connectivity index (χ2n) is 10.8. The Kier molecular flexibility index (Phi) is 7.89. The fraction of sp³-hybridized carbons (Fsp3) is 0.393. The number of aromatic nitrogens is 2. The highest BCUT2D eigenvalue weighted by atomic mass is 35.5. The lowest BCUT2D eigenvalue weighted by Crippen LogP contribution is -2.50. The molecule has 2 aromatic carbocycles. The van der Waals surface area contributed by atoms with Crippen LogP contribution in [0.1, 0.15) is 56.5 Å². The van der Waals surface area contributed by atoms with Gasteiger partial charge < -0.3 is 9.45 Å². The Morgan fingerprint density at radius 1 is 1.16 bits per heavy atom. The molecule has 5 rings (SSSR count). The molecule has 1 fully saturated rings. The summed E-state index contributed by atoms with van der Waals surface area (Å²) >= 11 is 12.6. The number of fused-ring (bicyclic) bond motifs is 1. The van der Waals surface area contributed by atoms with Crippen LogP contribution in [0.5, 0.6) is 0 Å². The molecule has 1 spiro atoms. The second kappa shape index (κ2) is 10.9. The van der Waals surface area contributed by atoms with Crippen LogP contribution in [0, 0.1) is 16.7 Å². The molecule has 1 N–H and O–H groups in total. The van der Waals surface area contributed by atoms with Crippen LogP contribution in [0.15, 0.2) is 58.6 Å². The number of benzene rings is 2. The lowest BCUT2D eigenvalue weighted by Gasteiger charge is -2.44. The number of hydrogen-bond donors (Lipinski definition) is 1. The third-order valence-electron chi connectivity index (χ3n) is 7.33. The van der Waals surface area contributed by atoms with Gasteiger partial charge in [-0.25, -0.2) is 9.97 Å². The molecule has 1 aromatic heterocycles. The molecule has 2 heterocycles. The maximum absolute atomic E-state index is 13.1. The maximum Gasteiger partial charge on any atom is 0.184 e. The molecule has 1 aliphatic heterocycles. The Morgan fingerprint density at radius 2 is 1.89 bits per heavy atom. The topological polar surface area (TPSA) is 87.9 Å². The van der Waals surface area contributed by atoms with Gasteiger partial charge in [-0.05, 0) is 63.3 Å². The molecule has 0 bridgehead atoms. The van der Waals surface area contributed by atoms with Gasteiger partial charge in [-0.2, -0.15) is 5.26 Å². The van der Waals surface area contributed by atoms with E-state index in [-0.39, 0.29) is 16.2 Å². The van der Waals surface area contributed by atoms with E-state index in [4.69, 9.17) is 23.2 Å². The van der Waals surface area contributed by atoms with Crippen molar-refractivity contribution in [2.24, 2.45) is 5.41 Å². The summed E-state index contributed by atoms with van der Waals surface area (Å²) in [5.41, 5.74) is 2.82. The van der Waals surface area contributed by atoms with Crippen LogP contribution in [-0.4, -0.2) is 32.4 Å². The minimum atomic E-state index is -1.18. The summed E-state index contributed by atoms with van der Waals surface area (Å²) < 4.78 is 16.3. The van der Waals surface area contributed by atoms with Crippen molar-refractivity contribution in [1.29, 1.82) is 5.26 Å². The van der Waals surface area contributed by atoms with Crippen molar-refractivity contribution in [2.45, 2.75) is 60.7 Å². The summed E-state index contributed by atoms with van der Waals surface area (Å²) in [6, 6.07) is 16.2. The number of rotatable bonds is 5. The van der Waals surface area contributed by atoms with E-state index >= 15 is 0 Å². The van der Waals surface area contributed by atoms with E-state index in [0.717, 1.165) is 37.2 Å². The van der Waals surface area contributed by atoms with Crippen LogP contribution in [0.4, 0.5) is 5.82 Å². The number of piperidine rings is 1. The van der Waals surface area contributed by atoms with Gasteiger partial charge >= 0.3 is 0 Å². The van der Waals surface area contributed by atoms with E-state index in [9.17, 15) is 9.81 Å². The quantitative estimate of drug-likeness (QED) is 0.331. The molecule has 0 saturated carbocycles. The van der Waals surface area contributed by atoms with E-state index < -0.39 is 11.4 Å². The van der Waals surface area contributed by atoms with Crippen LogP contribution in [0.25, 0.3) is 0 Å². The summed E-state index contributed by atoms with van der Waals surface area (Å²) in [5.74, 6) is 0.599. The molecule has 0 amide bonds. The minimum Gasteiger partial charge on any atom is -0.598 e. The molecule has 2 atom stereocenters. The molecule has 0 unspecified atom stereocenters. The third kappa shape index (κ3) is 5.38. The number of nitrogens with one attached hydrogen (secondary N) is 1. The van der Waals surface area contributed by atoms with Gasteiger partial charge in [0, 0.05) is 34.8 Å². The van der Waals surface area contributed by atoms with E-state index in [2.05, 4.69) is 49.9 Å². The largest absolute Gasteiger partial charge is 0.598 e. The van der Waals surface area contributed by atoms with Crippen molar-refractivity contribution in [3.8, 4) is 6.07 Å². The van der Waals surface area contributed by atoms with Crippen molar-refractivity contribution in [3.63, 3.8) is 0 Å². The highest BCUT2D eigenvalue weighted by molar-refractivity contribution is 7.99. The Balaban J connectivity index is 1.35. The van der Waals surface area contributed by atoms with E-state index in [1.807, 2.05) is 32.9 Å². The number of hydrogen-bond acceptors (Lipinski definition) is 7. The van der Waals surface area contributed by atoms with Gasteiger partial charge in [0.15, 0.2) is 11.5 Å². The van der Waals surface area contributed by atoms with E-state index in [1.54, 1.807) is 12.3 Å². The first-order valence-electron chi connectivity index (χ1n) is 12.5. The van der Waals surface area contributed by atoms with Crippen LogP contribution >= 0.6 is 35.0 Å². The molecule has 0 radical (unpaired) electrons. The van der Waals surface area contributed by atoms with Gasteiger partial charge in [0.1, 0.15) is 15.8 Å². The van der Waals surface area contributed by atoms with Crippen molar-refractivity contribution in [3.05, 3.63) is 75.5 Å². The highest BCUT2D eigenvalue weighted by Crippen LogP contribution is 2.53. The Labute approximate surface area is 241 Å². The van der Waals surface area contributed by atoms with E-state index in [1.165, 1.54) is 22.9 Å². The summed E-state index contributed by atoms with van der Waals surface area (Å²) in [7, 11) is 0. The second-order valence-corrected chi connectivity index (χ2v) is 14.6. The zero-order valence-electron chi connectivity index (χ0n) is 21.5. The molecular formula is C28H29Cl2N5OS2. The first kappa shape index (κ1) is 27.6. The molecule has 38 heavy (non-hydrogen) atoms.